The molecule has 0 bridgehead atoms. The number of hydrogen-bond donors (Lipinski definition) is 2. The predicted molar refractivity (Wildman–Crippen MR) is 92.0 cm³/mol. The molecule has 0 atom stereocenters. The summed E-state index contributed by atoms with van der Waals surface area (Å²) >= 11 is 0. The first-order valence-electron chi connectivity index (χ1n) is 8.69. The Labute approximate surface area is 145 Å². The number of likely N-dealkylation sites (tertiary alicyclic amines) is 1. The maximum Gasteiger partial charge on any atom is 0.294 e. The molecule has 2 N–H and O–H groups in total. The molecule has 2 aliphatic heterocycles. The van der Waals surface area contributed by atoms with E-state index in [-0.39, 0.29) is 12.5 Å². The van der Waals surface area contributed by atoms with E-state index in [1.807, 2.05) is 12.1 Å². The zero-order chi connectivity index (χ0) is 17.4. The van der Waals surface area contributed by atoms with E-state index >= 15 is 0 Å². The first-order valence-corrected chi connectivity index (χ1v) is 8.69. The first kappa shape index (κ1) is 15.8. The van der Waals surface area contributed by atoms with Gasteiger partial charge in [-0.1, -0.05) is 24.3 Å². The van der Waals surface area contributed by atoms with Gasteiger partial charge in [-0.2, -0.15) is 5.01 Å². The minimum Gasteiger partial charge on any atom is -0.327 e. The fourth-order valence-electron chi connectivity index (χ4n) is 3.75. The first-order chi connectivity index (χ1) is 12.1. The molecule has 0 radical (unpaired) electrons. The van der Waals surface area contributed by atoms with E-state index in [1.54, 1.807) is 24.3 Å². The van der Waals surface area contributed by atoms with Gasteiger partial charge in [-0.15, -0.1) is 0 Å². The summed E-state index contributed by atoms with van der Waals surface area (Å²) in [6.07, 6.45) is 3.42. The number of hydrazine groups is 1. The maximum absolute atomic E-state index is 12.7. The molecule has 2 aromatic rings. The zero-order valence-corrected chi connectivity index (χ0v) is 13.9. The van der Waals surface area contributed by atoms with Crippen LogP contribution in [0.25, 0.3) is 10.8 Å². The van der Waals surface area contributed by atoms with Crippen LogP contribution in [-0.2, 0) is 4.79 Å². The summed E-state index contributed by atoms with van der Waals surface area (Å²) in [6, 6.07) is 10.7. The molecule has 6 nitrogen and oxygen atoms in total. The average molecular weight is 338 g/mol. The maximum atomic E-state index is 12.7. The van der Waals surface area contributed by atoms with Crippen LogP contribution in [0.1, 0.15) is 40.0 Å². The molecule has 2 heterocycles. The fraction of sp³-hybridized carbons (Fsp3) is 0.316. The van der Waals surface area contributed by atoms with Gasteiger partial charge >= 0.3 is 0 Å². The molecule has 2 aliphatic rings. The van der Waals surface area contributed by atoms with Crippen LogP contribution in [0, 0.1) is 0 Å². The van der Waals surface area contributed by atoms with Gasteiger partial charge in [-0.3, -0.25) is 19.8 Å². The summed E-state index contributed by atoms with van der Waals surface area (Å²) in [4.78, 5) is 39.0. The van der Waals surface area contributed by atoms with Crippen molar-refractivity contribution in [2.75, 3.05) is 19.6 Å². The van der Waals surface area contributed by atoms with E-state index in [0.717, 1.165) is 36.3 Å². The van der Waals surface area contributed by atoms with Gasteiger partial charge in [-0.05, 0) is 36.8 Å². The van der Waals surface area contributed by atoms with Crippen molar-refractivity contribution in [3.8, 4) is 0 Å². The molecule has 4 rings (SSSR count). The second kappa shape index (κ2) is 6.29. The van der Waals surface area contributed by atoms with Crippen LogP contribution in [0.2, 0.25) is 0 Å². The second-order valence-electron chi connectivity index (χ2n) is 6.68. The highest BCUT2D eigenvalue weighted by atomic mass is 16.2. The lowest BCUT2D eigenvalue weighted by atomic mass is 9.95. The van der Waals surface area contributed by atoms with E-state index in [9.17, 15) is 14.4 Å². The minimum atomic E-state index is -0.476. The van der Waals surface area contributed by atoms with Crippen LogP contribution in [0.5, 0.6) is 0 Å². The number of carbonyl (C=O) groups excluding carboxylic acids is 3. The molecule has 2 aromatic carbocycles. The summed E-state index contributed by atoms with van der Waals surface area (Å²) in [5, 5.41) is 2.37. The van der Waals surface area contributed by atoms with Crippen LogP contribution in [0.3, 0.4) is 0 Å². The van der Waals surface area contributed by atoms with E-state index in [0.29, 0.717) is 16.5 Å². The van der Waals surface area contributed by atoms with Crippen LogP contribution in [0.4, 0.5) is 0 Å². The SMILES string of the molecule is O=C(C[NH+]1CCCCC1)NN1C(=O)c2cccc3cccc(c23)C1=O. The van der Waals surface area contributed by atoms with Crippen LogP contribution >= 0.6 is 0 Å². The second-order valence-corrected chi connectivity index (χ2v) is 6.68. The monoisotopic (exact) mass is 338 g/mol. The highest BCUT2D eigenvalue weighted by molar-refractivity contribution is 6.25. The van der Waals surface area contributed by atoms with Crippen molar-refractivity contribution in [1.82, 2.24) is 10.4 Å². The van der Waals surface area contributed by atoms with Gasteiger partial charge in [0.2, 0.25) is 0 Å². The van der Waals surface area contributed by atoms with Gasteiger partial charge in [-0.25, -0.2) is 0 Å². The van der Waals surface area contributed by atoms with Crippen LogP contribution < -0.4 is 10.3 Å². The molecule has 25 heavy (non-hydrogen) atoms. The highest BCUT2D eigenvalue weighted by Crippen LogP contribution is 2.29. The number of imide groups is 1. The Morgan fingerprint density at radius 3 is 2.16 bits per heavy atom. The predicted octanol–water partition coefficient (Wildman–Crippen LogP) is 0.536. The Balaban J connectivity index is 1.58. The van der Waals surface area contributed by atoms with E-state index < -0.39 is 11.8 Å². The normalized spacial score (nSPS) is 17.8. The summed E-state index contributed by atoms with van der Waals surface area (Å²) in [6.45, 7) is 2.19. The van der Waals surface area contributed by atoms with Gasteiger partial charge in [0, 0.05) is 5.39 Å². The number of nitrogens with one attached hydrogen (secondary N) is 2. The Bertz CT molecular complexity index is 821. The molecular weight excluding hydrogens is 318 g/mol. The minimum absolute atomic E-state index is 0.281. The standard InChI is InChI=1S/C19H19N3O3/c23-16(12-21-10-2-1-3-11-21)20-22-18(24)14-8-4-6-13-7-5-9-15(17(13)14)19(22)25/h4-9H,1-3,10-12H2,(H,20,23)/p+1. The number of benzene rings is 2. The number of hydrogen-bond acceptors (Lipinski definition) is 3. The van der Waals surface area contributed by atoms with Gasteiger partial charge in [0.15, 0.2) is 6.54 Å². The van der Waals surface area contributed by atoms with Crippen molar-refractivity contribution in [1.29, 1.82) is 0 Å². The number of carbonyl (C=O) groups is 3. The lowest BCUT2D eigenvalue weighted by molar-refractivity contribution is -0.896. The van der Waals surface area contributed by atoms with Crippen LogP contribution in [-0.4, -0.2) is 42.4 Å². The Hall–Kier alpha value is -2.73. The van der Waals surface area contributed by atoms with Gasteiger partial charge < -0.3 is 4.90 Å². The fourth-order valence-corrected chi connectivity index (χ4v) is 3.75. The largest absolute Gasteiger partial charge is 0.327 e. The topological polar surface area (TPSA) is 70.9 Å². The van der Waals surface area contributed by atoms with Crippen molar-refractivity contribution in [2.45, 2.75) is 19.3 Å². The molecule has 0 spiro atoms. The van der Waals surface area contributed by atoms with Crippen LogP contribution in [0.15, 0.2) is 36.4 Å². The van der Waals surface area contributed by atoms with Crippen molar-refractivity contribution in [2.24, 2.45) is 0 Å². The van der Waals surface area contributed by atoms with E-state index in [1.165, 1.54) is 11.3 Å². The lowest BCUT2D eigenvalue weighted by Gasteiger charge is -2.28. The summed E-state index contributed by atoms with van der Waals surface area (Å²) in [5.74, 6) is -1.25. The third kappa shape index (κ3) is 2.78. The number of amides is 3. The van der Waals surface area contributed by atoms with Gasteiger partial charge in [0.05, 0.1) is 24.2 Å². The van der Waals surface area contributed by atoms with E-state index in [2.05, 4.69) is 5.43 Å². The molecule has 0 aliphatic carbocycles. The summed E-state index contributed by atoms with van der Waals surface area (Å²) in [5.41, 5.74) is 3.41. The van der Waals surface area contributed by atoms with E-state index in [4.69, 9.17) is 0 Å². The molecule has 0 unspecified atom stereocenters. The summed E-state index contributed by atoms with van der Waals surface area (Å²) in [7, 11) is 0. The number of piperidine rings is 1. The Morgan fingerprint density at radius 2 is 1.56 bits per heavy atom. The molecule has 3 amide bonds. The zero-order valence-electron chi connectivity index (χ0n) is 13.9. The van der Waals surface area contributed by atoms with Crippen molar-refractivity contribution in [3.05, 3.63) is 47.5 Å². The Kier molecular flexibility index (Phi) is 3.97. The van der Waals surface area contributed by atoms with Crippen molar-refractivity contribution < 1.29 is 19.3 Å². The molecule has 1 saturated heterocycles. The van der Waals surface area contributed by atoms with Gasteiger partial charge in [0.25, 0.3) is 17.7 Å². The summed E-state index contributed by atoms with van der Waals surface area (Å²) < 4.78 is 0. The quantitative estimate of drug-likeness (QED) is 0.803. The van der Waals surface area contributed by atoms with Gasteiger partial charge in [0.1, 0.15) is 0 Å². The molecule has 0 saturated carbocycles. The third-order valence-electron chi connectivity index (χ3n) is 4.98. The van der Waals surface area contributed by atoms with Crippen molar-refractivity contribution >= 4 is 28.5 Å². The number of nitrogens with zero attached hydrogens (tertiary/aromatic N) is 1. The van der Waals surface area contributed by atoms with Crippen molar-refractivity contribution in [3.63, 3.8) is 0 Å². The molecule has 128 valence electrons. The molecule has 6 heteroatoms. The third-order valence-corrected chi connectivity index (χ3v) is 4.98. The number of rotatable bonds is 3. The average Bonchev–Trinajstić information content (AvgIpc) is 2.64. The number of quaternary nitrogens is 1. The lowest BCUT2D eigenvalue weighted by Crippen LogP contribution is -3.14. The Morgan fingerprint density at radius 1 is 0.960 bits per heavy atom. The molecular formula is C19H20N3O3+. The molecule has 0 aromatic heterocycles. The highest BCUT2D eigenvalue weighted by Gasteiger charge is 2.34. The molecule has 1 fully saturated rings. The smallest absolute Gasteiger partial charge is 0.294 e.